The van der Waals surface area contributed by atoms with Crippen LogP contribution in [0, 0.1) is 0 Å². The summed E-state index contributed by atoms with van der Waals surface area (Å²) >= 11 is 10.8. The molecule has 1 rings (SSSR count). The van der Waals surface area contributed by atoms with Crippen molar-refractivity contribution in [2.45, 2.75) is 11.1 Å². The van der Waals surface area contributed by atoms with Crippen molar-refractivity contribution in [1.29, 1.82) is 0 Å². The average Bonchev–Trinajstić information content (AvgIpc) is 2.00. The van der Waals surface area contributed by atoms with Crippen LogP contribution in [0.1, 0.15) is 5.56 Å². The smallest absolute Gasteiger partial charge is 0.257 e. The minimum Gasteiger partial charge on any atom is -0.289 e. The van der Waals surface area contributed by atoms with E-state index in [2.05, 4.69) is 0 Å². The molecule has 0 heterocycles. The Labute approximate surface area is 98.3 Å². The van der Waals surface area contributed by atoms with Gasteiger partial charge in [-0.25, -0.2) is 8.42 Å². The Kier molecular flexibility index (Phi) is 3.88. The maximum Gasteiger partial charge on any atom is 0.257 e. The van der Waals surface area contributed by atoms with E-state index in [4.69, 9.17) is 22.5 Å². The summed E-state index contributed by atoms with van der Waals surface area (Å²) in [7, 11) is -3.20. The Morgan fingerprint density at radius 2 is 1.67 bits per heavy atom. The monoisotopic (exact) mass is 286 g/mol. The first-order valence-corrected chi connectivity index (χ1v) is 9.55. The SMILES string of the molecule is CS(=O)(=O)c1ccc(CP(=O)(Cl)Cl)cc1. The molecule has 1 aromatic carbocycles. The van der Waals surface area contributed by atoms with Crippen molar-refractivity contribution < 1.29 is 13.0 Å². The maximum atomic E-state index is 11.1. The number of hydrogen-bond donors (Lipinski definition) is 0. The molecule has 0 saturated heterocycles. The molecule has 0 aliphatic carbocycles. The van der Waals surface area contributed by atoms with E-state index in [0.717, 1.165) is 6.26 Å². The van der Waals surface area contributed by atoms with Gasteiger partial charge in [0.1, 0.15) is 0 Å². The van der Waals surface area contributed by atoms with Gasteiger partial charge in [-0.05, 0) is 40.2 Å². The summed E-state index contributed by atoms with van der Waals surface area (Å²) in [6.07, 6.45) is 1.16. The fraction of sp³-hybridized carbons (Fsp3) is 0.250. The van der Waals surface area contributed by atoms with E-state index in [1.165, 1.54) is 12.1 Å². The van der Waals surface area contributed by atoms with Crippen molar-refractivity contribution in [1.82, 2.24) is 0 Å². The molecule has 0 aliphatic rings. The van der Waals surface area contributed by atoms with Crippen LogP contribution in [0.5, 0.6) is 0 Å². The zero-order valence-corrected chi connectivity index (χ0v) is 11.1. The van der Waals surface area contributed by atoms with E-state index < -0.39 is 15.7 Å². The van der Waals surface area contributed by atoms with Gasteiger partial charge in [0.15, 0.2) is 9.84 Å². The summed E-state index contributed by atoms with van der Waals surface area (Å²) < 4.78 is 33.3. The second kappa shape index (κ2) is 4.46. The number of hydrogen-bond acceptors (Lipinski definition) is 3. The maximum absolute atomic E-state index is 11.1. The summed E-state index contributed by atoms with van der Waals surface area (Å²) in [4.78, 5) is 0.213. The lowest BCUT2D eigenvalue weighted by atomic mass is 10.2. The van der Waals surface area contributed by atoms with Gasteiger partial charge >= 0.3 is 0 Å². The standard InChI is InChI=1S/C8H9Cl2O3PS/c1-15(12,13)8-4-2-7(3-5-8)6-14(9,10)11/h2-5H,6H2,1H3. The molecular weight excluding hydrogens is 278 g/mol. The molecule has 0 amide bonds. The van der Waals surface area contributed by atoms with Crippen molar-refractivity contribution in [3.63, 3.8) is 0 Å². The molecule has 0 bridgehead atoms. The molecule has 0 N–H and O–H groups in total. The van der Waals surface area contributed by atoms with Gasteiger partial charge in [-0.3, -0.25) is 4.57 Å². The molecule has 0 aromatic heterocycles. The van der Waals surface area contributed by atoms with Crippen LogP contribution in [0.15, 0.2) is 29.2 Å². The van der Waals surface area contributed by atoms with Gasteiger partial charge in [0.05, 0.1) is 11.1 Å². The Bertz CT molecular complexity index is 489. The topological polar surface area (TPSA) is 51.2 Å². The van der Waals surface area contributed by atoms with Gasteiger partial charge in [0.2, 0.25) is 0 Å². The lowest BCUT2D eigenvalue weighted by Gasteiger charge is -2.03. The molecule has 7 heteroatoms. The first-order chi connectivity index (χ1) is 6.68. The minimum atomic E-state index is -3.20. The average molecular weight is 287 g/mol. The van der Waals surface area contributed by atoms with Crippen molar-refractivity contribution in [3.8, 4) is 0 Å². The van der Waals surface area contributed by atoms with Crippen molar-refractivity contribution in [2.24, 2.45) is 0 Å². The van der Waals surface area contributed by atoms with Crippen LogP contribution in [0.4, 0.5) is 0 Å². The highest BCUT2D eigenvalue weighted by molar-refractivity contribution is 8.08. The van der Waals surface area contributed by atoms with E-state index >= 15 is 0 Å². The molecule has 0 radical (unpaired) electrons. The highest BCUT2D eigenvalue weighted by Gasteiger charge is 2.15. The fourth-order valence-corrected chi connectivity index (χ4v) is 3.15. The third kappa shape index (κ3) is 4.56. The van der Waals surface area contributed by atoms with Crippen LogP contribution in [0.25, 0.3) is 0 Å². The predicted molar refractivity (Wildman–Crippen MR) is 62.6 cm³/mol. The van der Waals surface area contributed by atoms with Crippen molar-refractivity contribution in [2.75, 3.05) is 6.26 Å². The molecule has 15 heavy (non-hydrogen) atoms. The highest BCUT2D eigenvalue weighted by atomic mass is 35.9. The summed E-state index contributed by atoms with van der Waals surface area (Å²) in [6.45, 7) is 0. The lowest BCUT2D eigenvalue weighted by molar-refractivity contribution is 0.592. The Balaban J connectivity index is 2.97. The van der Waals surface area contributed by atoms with Crippen LogP contribution in [0.3, 0.4) is 0 Å². The van der Waals surface area contributed by atoms with E-state index in [-0.39, 0.29) is 11.1 Å². The van der Waals surface area contributed by atoms with Gasteiger partial charge in [0.25, 0.3) is 5.85 Å². The zero-order valence-electron chi connectivity index (χ0n) is 7.85. The van der Waals surface area contributed by atoms with E-state index in [1.807, 2.05) is 0 Å². The predicted octanol–water partition coefficient (Wildman–Crippen LogP) is 3.26. The molecule has 0 fully saturated rings. The van der Waals surface area contributed by atoms with Crippen LogP contribution in [-0.4, -0.2) is 14.7 Å². The minimum absolute atomic E-state index is 0.0418. The molecular formula is C8H9Cl2O3PS. The van der Waals surface area contributed by atoms with E-state index in [0.29, 0.717) is 5.56 Å². The Morgan fingerprint density at radius 3 is 2.00 bits per heavy atom. The van der Waals surface area contributed by atoms with Gasteiger partial charge in [0, 0.05) is 6.26 Å². The molecule has 0 aliphatic heterocycles. The van der Waals surface area contributed by atoms with Gasteiger partial charge < -0.3 is 0 Å². The van der Waals surface area contributed by atoms with Crippen LogP contribution in [-0.2, 0) is 20.6 Å². The molecule has 0 atom stereocenters. The normalized spacial score (nSPS) is 12.7. The Morgan fingerprint density at radius 1 is 1.20 bits per heavy atom. The fourth-order valence-electron chi connectivity index (χ4n) is 1.05. The molecule has 0 spiro atoms. The van der Waals surface area contributed by atoms with Gasteiger partial charge in [-0.2, -0.15) is 0 Å². The molecule has 0 unspecified atom stereocenters. The largest absolute Gasteiger partial charge is 0.289 e. The van der Waals surface area contributed by atoms with Crippen LogP contribution < -0.4 is 0 Å². The van der Waals surface area contributed by atoms with E-state index in [9.17, 15) is 13.0 Å². The number of rotatable bonds is 3. The molecule has 3 nitrogen and oxygen atoms in total. The summed E-state index contributed by atoms with van der Waals surface area (Å²) in [5.74, 6) is -3.15. The summed E-state index contributed by atoms with van der Waals surface area (Å²) in [5.41, 5.74) is 0.649. The first-order valence-electron chi connectivity index (χ1n) is 3.96. The van der Waals surface area contributed by atoms with Gasteiger partial charge in [-0.1, -0.05) is 12.1 Å². The van der Waals surface area contributed by atoms with Crippen LogP contribution in [0.2, 0.25) is 0 Å². The third-order valence-electron chi connectivity index (χ3n) is 1.72. The lowest BCUT2D eigenvalue weighted by Crippen LogP contribution is -1.96. The second-order valence-corrected chi connectivity index (χ2v) is 10.4. The van der Waals surface area contributed by atoms with Crippen LogP contribution >= 0.6 is 28.3 Å². The Hall–Kier alpha value is -0.0200. The molecule has 0 saturated carbocycles. The van der Waals surface area contributed by atoms with E-state index in [1.54, 1.807) is 12.1 Å². The van der Waals surface area contributed by atoms with Crippen molar-refractivity contribution >= 4 is 38.2 Å². The summed E-state index contributed by atoms with van der Waals surface area (Å²) in [5, 5.41) is 0. The number of benzene rings is 1. The summed E-state index contributed by atoms with van der Waals surface area (Å²) in [6, 6.07) is 5.98. The first kappa shape index (κ1) is 13.0. The number of halogens is 2. The second-order valence-electron chi connectivity index (χ2n) is 3.14. The quantitative estimate of drug-likeness (QED) is 0.802. The zero-order chi connectivity index (χ0) is 11.7. The number of sulfone groups is 1. The third-order valence-corrected chi connectivity index (χ3v) is 4.30. The molecule has 1 aromatic rings. The highest BCUT2D eigenvalue weighted by Crippen LogP contribution is 2.59. The van der Waals surface area contributed by atoms with Crippen molar-refractivity contribution in [3.05, 3.63) is 29.8 Å². The molecule has 84 valence electrons. The van der Waals surface area contributed by atoms with Gasteiger partial charge in [-0.15, -0.1) is 0 Å².